The molecule has 28 heavy (non-hydrogen) atoms. The summed E-state index contributed by atoms with van der Waals surface area (Å²) in [5.41, 5.74) is 2.04. The molecule has 0 aromatic heterocycles. The second-order valence-electron chi connectivity index (χ2n) is 8.51. The number of fused-ring (bicyclic) bond motifs is 6. The summed E-state index contributed by atoms with van der Waals surface area (Å²) in [4.78, 5) is 28.2. The highest BCUT2D eigenvalue weighted by Gasteiger charge is 2.64. The molecule has 2 aliphatic carbocycles. The molecule has 1 saturated heterocycles. The molecule has 0 radical (unpaired) electrons. The zero-order valence-electron chi connectivity index (χ0n) is 15.5. The highest BCUT2D eigenvalue weighted by molar-refractivity contribution is 6.23. The quantitative estimate of drug-likeness (QED) is 0.612. The molecule has 1 aliphatic heterocycles. The maximum atomic E-state index is 13.4. The van der Waals surface area contributed by atoms with Crippen molar-refractivity contribution in [2.45, 2.75) is 18.8 Å². The van der Waals surface area contributed by atoms with Crippen LogP contribution in [0.4, 0.5) is 5.69 Å². The van der Waals surface area contributed by atoms with Crippen molar-refractivity contribution in [1.82, 2.24) is 0 Å². The molecule has 6 rings (SSSR count). The van der Waals surface area contributed by atoms with Crippen LogP contribution in [0.2, 0.25) is 0 Å². The van der Waals surface area contributed by atoms with Gasteiger partial charge in [0.05, 0.1) is 17.5 Å². The average molecular weight is 367 g/mol. The van der Waals surface area contributed by atoms with Crippen LogP contribution < -0.4 is 4.90 Å². The minimum absolute atomic E-state index is 0.0124. The second kappa shape index (κ2) is 5.78. The molecule has 3 nitrogen and oxygen atoms in total. The van der Waals surface area contributed by atoms with E-state index in [0.717, 1.165) is 29.3 Å². The highest BCUT2D eigenvalue weighted by atomic mass is 16.2. The van der Waals surface area contributed by atoms with Crippen LogP contribution in [0.15, 0.2) is 72.8 Å². The van der Waals surface area contributed by atoms with Gasteiger partial charge < -0.3 is 0 Å². The fraction of sp³-hybridized carbons (Fsp3) is 0.280. The SMILES string of the molecule is O=C1[C@@H]2[C@H]3C[C@H](C[C@@H]3c3ccccc3)[C@@H]2C(=O)N1c1ccc2ccccc2c1. The van der Waals surface area contributed by atoms with Crippen molar-refractivity contribution in [1.29, 1.82) is 0 Å². The lowest BCUT2D eigenvalue weighted by Gasteiger charge is -2.28. The van der Waals surface area contributed by atoms with Gasteiger partial charge >= 0.3 is 0 Å². The summed E-state index contributed by atoms with van der Waals surface area (Å²) in [6.45, 7) is 0. The molecule has 3 fully saturated rings. The Hall–Kier alpha value is -2.94. The molecule has 0 unspecified atom stereocenters. The number of hydrogen-bond donors (Lipinski definition) is 0. The van der Waals surface area contributed by atoms with E-state index in [1.54, 1.807) is 0 Å². The van der Waals surface area contributed by atoms with E-state index < -0.39 is 0 Å². The van der Waals surface area contributed by atoms with E-state index in [4.69, 9.17) is 0 Å². The molecule has 1 heterocycles. The predicted molar refractivity (Wildman–Crippen MR) is 109 cm³/mol. The van der Waals surface area contributed by atoms with Crippen LogP contribution in [0.5, 0.6) is 0 Å². The summed E-state index contributed by atoms with van der Waals surface area (Å²) in [7, 11) is 0. The first kappa shape index (κ1) is 16.1. The summed E-state index contributed by atoms with van der Waals surface area (Å²) in [6, 6.07) is 24.5. The first-order valence-electron chi connectivity index (χ1n) is 10.1. The van der Waals surface area contributed by atoms with Crippen molar-refractivity contribution < 1.29 is 9.59 Å². The number of rotatable bonds is 2. The molecule has 2 bridgehead atoms. The molecule has 3 aromatic rings. The molecular weight excluding hydrogens is 346 g/mol. The van der Waals surface area contributed by atoms with Crippen molar-refractivity contribution in [3.8, 4) is 0 Å². The van der Waals surface area contributed by atoms with Crippen LogP contribution >= 0.6 is 0 Å². The van der Waals surface area contributed by atoms with Gasteiger partial charge in [0.2, 0.25) is 11.8 Å². The van der Waals surface area contributed by atoms with Gasteiger partial charge in [0.25, 0.3) is 0 Å². The van der Waals surface area contributed by atoms with Gasteiger partial charge in [-0.25, -0.2) is 0 Å². The molecule has 5 atom stereocenters. The Kier molecular flexibility index (Phi) is 3.31. The molecule has 3 aliphatic rings. The fourth-order valence-electron chi connectivity index (χ4n) is 6.11. The monoisotopic (exact) mass is 367 g/mol. The molecule has 138 valence electrons. The van der Waals surface area contributed by atoms with E-state index in [1.807, 2.05) is 48.5 Å². The minimum atomic E-state index is -0.150. The van der Waals surface area contributed by atoms with Crippen LogP contribution in [0.1, 0.15) is 24.3 Å². The predicted octanol–water partition coefficient (Wildman–Crippen LogP) is 4.77. The third-order valence-corrected chi connectivity index (χ3v) is 7.23. The standard InChI is InChI=1S/C25H21NO2/c27-24-22-18-13-20(16-7-2-1-3-8-16)21(14-18)23(22)25(28)26(24)19-11-10-15-6-4-5-9-17(15)12-19/h1-12,18,20-23H,13-14H2/t18-,20+,21-,22-,23+/m0/s1. The number of amides is 2. The van der Waals surface area contributed by atoms with Gasteiger partial charge in [-0.3, -0.25) is 14.5 Å². The molecule has 2 saturated carbocycles. The summed E-state index contributed by atoms with van der Waals surface area (Å²) >= 11 is 0. The van der Waals surface area contributed by atoms with Gasteiger partial charge in [-0.2, -0.15) is 0 Å². The summed E-state index contributed by atoms with van der Waals surface area (Å²) in [5, 5.41) is 2.18. The number of nitrogens with zero attached hydrogens (tertiary/aromatic N) is 1. The maximum absolute atomic E-state index is 13.4. The van der Waals surface area contributed by atoms with Crippen molar-refractivity contribution in [3.63, 3.8) is 0 Å². The Morgan fingerprint density at radius 1 is 0.714 bits per heavy atom. The second-order valence-corrected chi connectivity index (χ2v) is 8.51. The molecule has 0 N–H and O–H groups in total. The zero-order chi connectivity index (χ0) is 18.8. The Morgan fingerprint density at radius 2 is 1.43 bits per heavy atom. The maximum Gasteiger partial charge on any atom is 0.237 e. The summed E-state index contributed by atoms with van der Waals surface area (Å²) < 4.78 is 0. The third kappa shape index (κ3) is 2.10. The van der Waals surface area contributed by atoms with Gasteiger partial charge in [-0.05, 0) is 59.1 Å². The fourth-order valence-corrected chi connectivity index (χ4v) is 6.11. The van der Waals surface area contributed by atoms with E-state index >= 15 is 0 Å². The Labute approximate surface area is 164 Å². The van der Waals surface area contributed by atoms with Crippen LogP contribution in [0, 0.1) is 23.7 Å². The van der Waals surface area contributed by atoms with E-state index in [-0.39, 0.29) is 23.7 Å². The lowest BCUT2D eigenvalue weighted by atomic mass is 9.73. The van der Waals surface area contributed by atoms with Crippen LogP contribution in [-0.2, 0) is 9.59 Å². The van der Waals surface area contributed by atoms with Crippen LogP contribution in [0.3, 0.4) is 0 Å². The van der Waals surface area contributed by atoms with Crippen molar-refractivity contribution in [2.75, 3.05) is 4.90 Å². The van der Waals surface area contributed by atoms with Crippen molar-refractivity contribution in [2.24, 2.45) is 23.7 Å². The largest absolute Gasteiger partial charge is 0.274 e. The topological polar surface area (TPSA) is 37.4 Å². The molecule has 0 spiro atoms. The van der Waals surface area contributed by atoms with Crippen molar-refractivity contribution in [3.05, 3.63) is 78.4 Å². The molecule has 3 aromatic carbocycles. The lowest BCUT2D eigenvalue weighted by Crippen LogP contribution is -2.32. The van der Waals surface area contributed by atoms with Crippen LogP contribution in [-0.4, -0.2) is 11.8 Å². The molecule has 3 heteroatoms. The average Bonchev–Trinajstić information content (AvgIpc) is 3.40. The van der Waals surface area contributed by atoms with Gasteiger partial charge in [-0.1, -0.05) is 60.7 Å². The first-order chi connectivity index (χ1) is 13.7. The Balaban J connectivity index is 1.37. The minimum Gasteiger partial charge on any atom is -0.274 e. The zero-order valence-corrected chi connectivity index (χ0v) is 15.5. The Bertz CT molecular complexity index is 1110. The third-order valence-electron chi connectivity index (χ3n) is 7.23. The van der Waals surface area contributed by atoms with Gasteiger partial charge in [0.15, 0.2) is 0 Å². The van der Waals surface area contributed by atoms with E-state index in [9.17, 15) is 9.59 Å². The summed E-state index contributed by atoms with van der Waals surface area (Å²) in [6.07, 6.45) is 2.04. The number of carbonyl (C=O) groups is 2. The number of benzene rings is 3. The van der Waals surface area contributed by atoms with E-state index in [1.165, 1.54) is 10.5 Å². The van der Waals surface area contributed by atoms with E-state index in [2.05, 4.69) is 24.3 Å². The van der Waals surface area contributed by atoms with Gasteiger partial charge in [0, 0.05) is 0 Å². The van der Waals surface area contributed by atoms with Crippen LogP contribution in [0.25, 0.3) is 10.8 Å². The van der Waals surface area contributed by atoms with Crippen molar-refractivity contribution >= 4 is 28.3 Å². The molecule has 2 amide bonds. The number of carbonyl (C=O) groups excluding carboxylic acids is 2. The normalized spacial score (nSPS) is 31.0. The summed E-state index contributed by atoms with van der Waals surface area (Å²) in [5.74, 6) is 0.789. The Morgan fingerprint density at radius 3 is 2.25 bits per heavy atom. The molecular formula is C25H21NO2. The number of imide groups is 1. The number of hydrogen-bond acceptors (Lipinski definition) is 2. The first-order valence-corrected chi connectivity index (χ1v) is 10.1. The van der Waals surface area contributed by atoms with E-state index in [0.29, 0.717) is 17.8 Å². The smallest absolute Gasteiger partial charge is 0.237 e. The van der Waals surface area contributed by atoms with Gasteiger partial charge in [0.1, 0.15) is 0 Å². The van der Waals surface area contributed by atoms with Gasteiger partial charge in [-0.15, -0.1) is 0 Å². The lowest BCUT2D eigenvalue weighted by molar-refractivity contribution is -0.123. The highest BCUT2D eigenvalue weighted by Crippen LogP contribution is 2.61. The number of anilines is 1.